The SMILES string of the molecule is CN1CCN(c2ccc(C(=O)CC(O)c3cccc(/C=C/C(=O)OC(C)(C)C)n3)cc2)CC1. The van der Waals surface area contributed by atoms with Crippen LogP contribution in [0.2, 0.25) is 0 Å². The van der Waals surface area contributed by atoms with Crippen LogP contribution in [0.15, 0.2) is 48.5 Å². The fourth-order valence-electron chi connectivity index (χ4n) is 3.56. The molecule has 0 spiro atoms. The summed E-state index contributed by atoms with van der Waals surface area (Å²) in [5, 5.41) is 10.6. The van der Waals surface area contributed by atoms with Crippen LogP contribution in [0.3, 0.4) is 0 Å². The van der Waals surface area contributed by atoms with Gasteiger partial charge in [-0.05, 0) is 70.3 Å². The van der Waals surface area contributed by atoms with Crippen LogP contribution in [0.1, 0.15) is 55.0 Å². The van der Waals surface area contributed by atoms with Crippen LogP contribution < -0.4 is 4.90 Å². The van der Waals surface area contributed by atoms with Crippen molar-refractivity contribution < 1.29 is 19.4 Å². The fraction of sp³-hybridized carbons (Fsp3) is 0.423. The standard InChI is InChI=1S/C26H33N3O4/c1-26(2,3)33-25(32)13-10-20-6-5-7-22(27-20)24(31)18-23(30)19-8-11-21(12-9-19)29-16-14-28(4)15-17-29/h5-13,24,31H,14-18H2,1-4H3/b13-10+. The Morgan fingerprint density at radius 1 is 1.09 bits per heavy atom. The number of aliphatic hydroxyl groups is 1. The summed E-state index contributed by atoms with van der Waals surface area (Å²) in [5.74, 6) is -0.616. The van der Waals surface area contributed by atoms with E-state index in [0.29, 0.717) is 17.0 Å². The number of carbonyl (C=O) groups is 2. The number of aromatic nitrogens is 1. The van der Waals surface area contributed by atoms with Gasteiger partial charge in [0.05, 0.1) is 11.4 Å². The Balaban J connectivity index is 1.59. The quantitative estimate of drug-likeness (QED) is 0.392. The molecule has 0 amide bonds. The number of Topliss-reactive ketones (excluding diaryl/α,β-unsaturated/α-hetero) is 1. The predicted molar refractivity (Wildman–Crippen MR) is 129 cm³/mol. The maximum Gasteiger partial charge on any atom is 0.331 e. The number of ketones is 1. The van der Waals surface area contributed by atoms with Crippen LogP contribution in [-0.2, 0) is 9.53 Å². The van der Waals surface area contributed by atoms with E-state index < -0.39 is 17.7 Å². The van der Waals surface area contributed by atoms with Crippen LogP contribution in [0.4, 0.5) is 5.69 Å². The van der Waals surface area contributed by atoms with E-state index in [0.717, 1.165) is 31.9 Å². The lowest BCUT2D eigenvalue weighted by atomic mass is 10.0. The van der Waals surface area contributed by atoms with Crippen LogP contribution in [0.5, 0.6) is 0 Å². The molecule has 1 N–H and O–H groups in total. The van der Waals surface area contributed by atoms with Gasteiger partial charge >= 0.3 is 5.97 Å². The molecular weight excluding hydrogens is 418 g/mol. The molecule has 1 aromatic carbocycles. The van der Waals surface area contributed by atoms with E-state index in [4.69, 9.17) is 4.74 Å². The topological polar surface area (TPSA) is 83.0 Å². The Bertz CT molecular complexity index is 987. The number of ether oxygens (including phenoxy) is 1. The van der Waals surface area contributed by atoms with Crippen LogP contribution in [0.25, 0.3) is 6.08 Å². The lowest BCUT2D eigenvalue weighted by Crippen LogP contribution is -2.44. The van der Waals surface area contributed by atoms with E-state index in [9.17, 15) is 14.7 Å². The summed E-state index contributed by atoms with van der Waals surface area (Å²) in [5.41, 5.74) is 1.97. The molecule has 0 saturated carbocycles. The molecule has 1 aliphatic rings. The second-order valence-corrected chi connectivity index (χ2v) is 9.33. The van der Waals surface area contributed by atoms with Crippen LogP contribution >= 0.6 is 0 Å². The minimum Gasteiger partial charge on any atom is -0.457 e. The zero-order valence-corrected chi connectivity index (χ0v) is 19.8. The second-order valence-electron chi connectivity index (χ2n) is 9.33. The van der Waals surface area contributed by atoms with Gasteiger partial charge in [-0.1, -0.05) is 6.07 Å². The number of piperazine rings is 1. The molecule has 1 saturated heterocycles. The van der Waals surface area contributed by atoms with E-state index in [1.165, 1.54) is 12.2 Å². The molecule has 33 heavy (non-hydrogen) atoms. The Morgan fingerprint density at radius 3 is 2.39 bits per heavy atom. The number of hydrogen-bond acceptors (Lipinski definition) is 7. The zero-order valence-electron chi connectivity index (χ0n) is 19.8. The number of nitrogens with zero attached hydrogens (tertiary/aromatic N) is 3. The van der Waals surface area contributed by atoms with Crippen molar-refractivity contribution in [3.63, 3.8) is 0 Å². The summed E-state index contributed by atoms with van der Waals surface area (Å²) in [7, 11) is 2.12. The molecule has 1 aliphatic heterocycles. The van der Waals surface area contributed by atoms with Crippen molar-refractivity contribution in [1.82, 2.24) is 9.88 Å². The van der Waals surface area contributed by atoms with Crippen molar-refractivity contribution >= 4 is 23.5 Å². The summed E-state index contributed by atoms with van der Waals surface area (Å²) in [6.45, 7) is 9.36. The molecule has 7 heteroatoms. The third-order valence-corrected chi connectivity index (χ3v) is 5.37. The van der Waals surface area contributed by atoms with E-state index >= 15 is 0 Å². The smallest absolute Gasteiger partial charge is 0.331 e. The van der Waals surface area contributed by atoms with Crippen molar-refractivity contribution in [3.8, 4) is 0 Å². The third kappa shape index (κ3) is 7.51. The van der Waals surface area contributed by atoms with Crippen LogP contribution in [0, 0.1) is 0 Å². The first-order valence-electron chi connectivity index (χ1n) is 11.2. The number of likely N-dealkylation sites (N-methyl/N-ethyl adjacent to an activating group) is 1. The minimum atomic E-state index is -1.04. The maximum absolute atomic E-state index is 12.7. The molecule has 7 nitrogen and oxygen atoms in total. The van der Waals surface area contributed by atoms with Gasteiger partial charge in [0.15, 0.2) is 5.78 Å². The molecule has 2 aromatic rings. The number of anilines is 1. The van der Waals surface area contributed by atoms with Gasteiger partial charge in [-0.3, -0.25) is 9.78 Å². The van der Waals surface area contributed by atoms with Crippen molar-refractivity contribution in [2.75, 3.05) is 38.1 Å². The molecule has 0 aliphatic carbocycles. The Labute approximate surface area is 195 Å². The average Bonchev–Trinajstić information content (AvgIpc) is 2.77. The number of rotatable bonds is 7. The second kappa shape index (κ2) is 10.7. The predicted octanol–water partition coefficient (Wildman–Crippen LogP) is 3.49. The Hall–Kier alpha value is -3.03. The molecule has 1 aromatic heterocycles. The molecule has 1 atom stereocenters. The van der Waals surface area contributed by atoms with Gasteiger partial charge in [-0.15, -0.1) is 0 Å². The van der Waals surface area contributed by atoms with E-state index in [1.807, 2.05) is 24.3 Å². The molecule has 0 bridgehead atoms. The molecule has 3 rings (SSSR count). The summed E-state index contributed by atoms with van der Waals surface area (Å²) >= 11 is 0. The Morgan fingerprint density at radius 2 is 1.76 bits per heavy atom. The van der Waals surface area contributed by atoms with Gasteiger partial charge in [0.25, 0.3) is 0 Å². The van der Waals surface area contributed by atoms with Crippen molar-refractivity contribution in [2.24, 2.45) is 0 Å². The number of pyridine rings is 1. The number of hydrogen-bond donors (Lipinski definition) is 1. The maximum atomic E-state index is 12.7. The highest BCUT2D eigenvalue weighted by atomic mass is 16.6. The minimum absolute atomic E-state index is 0.0694. The number of aliphatic hydroxyl groups excluding tert-OH is 1. The highest BCUT2D eigenvalue weighted by Crippen LogP contribution is 2.21. The summed E-state index contributed by atoms with van der Waals surface area (Å²) in [6.07, 6.45) is 1.73. The van der Waals surface area contributed by atoms with Gasteiger partial charge in [0, 0.05) is 49.9 Å². The normalized spacial score (nSPS) is 16.1. The van der Waals surface area contributed by atoms with Gasteiger partial charge in [-0.25, -0.2) is 4.79 Å². The van der Waals surface area contributed by atoms with Crippen LogP contribution in [-0.4, -0.2) is 65.6 Å². The molecule has 1 fully saturated rings. The van der Waals surface area contributed by atoms with Gasteiger partial charge in [-0.2, -0.15) is 0 Å². The molecule has 1 unspecified atom stereocenters. The number of carbonyl (C=O) groups excluding carboxylic acids is 2. The molecule has 2 heterocycles. The van der Waals surface area contributed by atoms with Crippen molar-refractivity contribution in [1.29, 1.82) is 0 Å². The summed E-state index contributed by atoms with van der Waals surface area (Å²) in [4.78, 5) is 33.5. The van der Waals surface area contributed by atoms with Crippen molar-refractivity contribution in [3.05, 3.63) is 65.5 Å². The number of esters is 1. The summed E-state index contributed by atoms with van der Waals surface area (Å²) < 4.78 is 5.24. The molecule has 176 valence electrons. The first kappa shape index (κ1) is 24.6. The van der Waals surface area contributed by atoms with Gasteiger partial charge in [0.1, 0.15) is 11.7 Å². The first-order valence-corrected chi connectivity index (χ1v) is 11.2. The molecular formula is C26H33N3O4. The fourth-order valence-corrected chi connectivity index (χ4v) is 3.56. The Kier molecular flexibility index (Phi) is 8.00. The van der Waals surface area contributed by atoms with Gasteiger partial charge in [0.2, 0.25) is 0 Å². The van der Waals surface area contributed by atoms with Gasteiger partial charge < -0.3 is 19.6 Å². The van der Waals surface area contributed by atoms with E-state index in [1.54, 1.807) is 39.0 Å². The largest absolute Gasteiger partial charge is 0.457 e. The lowest BCUT2D eigenvalue weighted by molar-refractivity contribution is -0.148. The zero-order chi connectivity index (χ0) is 24.0. The third-order valence-electron chi connectivity index (χ3n) is 5.37. The monoisotopic (exact) mass is 451 g/mol. The average molecular weight is 452 g/mol. The number of benzene rings is 1. The highest BCUT2D eigenvalue weighted by Gasteiger charge is 2.18. The molecule has 0 radical (unpaired) electrons. The highest BCUT2D eigenvalue weighted by molar-refractivity contribution is 5.96. The van der Waals surface area contributed by atoms with E-state index in [-0.39, 0.29) is 12.2 Å². The first-order chi connectivity index (χ1) is 15.6. The van der Waals surface area contributed by atoms with E-state index in [2.05, 4.69) is 21.8 Å². The summed E-state index contributed by atoms with van der Waals surface area (Å²) in [6, 6.07) is 12.7. The van der Waals surface area contributed by atoms with Crippen molar-refractivity contribution in [2.45, 2.75) is 38.9 Å². The lowest BCUT2D eigenvalue weighted by Gasteiger charge is -2.34.